The first-order valence-electron chi connectivity index (χ1n) is 9.63. The maximum absolute atomic E-state index is 12.5. The molecule has 2 aromatic carbocycles. The Bertz CT molecular complexity index is 967. The van der Waals surface area contributed by atoms with Crippen LogP contribution in [0.4, 0.5) is 0 Å². The molecule has 0 unspecified atom stereocenters. The molecule has 0 aliphatic rings. The van der Waals surface area contributed by atoms with Gasteiger partial charge in [0, 0.05) is 23.6 Å². The summed E-state index contributed by atoms with van der Waals surface area (Å²) in [5.74, 6) is -0.251. The zero-order valence-electron chi connectivity index (χ0n) is 17.7. The number of amides is 1. The number of sulfone groups is 1. The molecule has 1 amide bonds. The lowest BCUT2D eigenvalue weighted by atomic mass is 10.0. The molecule has 0 aliphatic heterocycles. The maximum atomic E-state index is 12.5. The largest absolute Gasteiger partial charge is 0.350 e. The first-order chi connectivity index (χ1) is 13.4. The molecule has 0 aliphatic carbocycles. The van der Waals surface area contributed by atoms with E-state index in [1.165, 1.54) is 0 Å². The van der Waals surface area contributed by atoms with E-state index in [2.05, 4.69) is 5.32 Å². The van der Waals surface area contributed by atoms with Gasteiger partial charge in [0.05, 0.1) is 10.5 Å². The molecule has 0 heterocycles. The molecule has 156 valence electrons. The van der Waals surface area contributed by atoms with Crippen LogP contribution in [-0.4, -0.2) is 30.9 Å². The maximum Gasteiger partial charge on any atom is 0.251 e. The minimum Gasteiger partial charge on any atom is -0.350 e. The summed E-state index contributed by atoms with van der Waals surface area (Å²) in [6.45, 7) is 8.83. The summed E-state index contributed by atoms with van der Waals surface area (Å²) in [6.07, 6.45) is 0.214. The average Bonchev–Trinajstić information content (AvgIpc) is 2.61. The summed E-state index contributed by atoms with van der Waals surface area (Å²) in [4.78, 5) is 24.5. The first kappa shape index (κ1) is 22.8. The highest BCUT2D eigenvalue weighted by molar-refractivity contribution is 7.91. The highest BCUT2D eigenvalue weighted by Crippen LogP contribution is 2.21. The number of Topliss-reactive ketones (excluding diaryl/α,β-unsaturated/α-hetero) is 1. The molecule has 5 nitrogen and oxygen atoms in total. The van der Waals surface area contributed by atoms with Gasteiger partial charge in [-0.05, 0) is 57.9 Å². The Morgan fingerprint density at radius 2 is 1.34 bits per heavy atom. The van der Waals surface area contributed by atoms with E-state index in [0.29, 0.717) is 16.7 Å². The van der Waals surface area contributed by atoms with Crippen LogP contribution in [0.3, 0.4) is 0 Å². The number of hydrogen-bond acceptors (Lipinski definition) is 4. The van der Waals surface area contributed by atoms with Crippen molar-refractivity contribution in [2.75, 3.05) is 0 Å². The van der Waals surface area contributed by atoms with E-state index in [0.717, 1.165) is 5.56 Å². The monoisotopic (exact) mass is 415 g/mol. The van der Waals surface area contributed by atoms with Gasteiger partial charge >= 0.3 is 0 Å². The normalized spacial score (nSPS) is 12.1. The quantitative estimate of drug-likeness (QED) is 0.694. The molecular weight excluding hydrogens is 386 g/mol. The molecule has 0 bridgehead atoms. The van der Waals surface area contributed by atoms with Gasteiger partial charge in [0.15, 0.2) is 15.6 Å². The van der Waals surface area contributed by atoms with Gasteiger partial charge in [-0.3, -0.25) is 9.59 Å². The smallest absolute Gasteiger partial charge is 0.251 e. The van der Waals surface area contributed by atoms with Crippen LogP contribution in [0.25, 0.3) is 0 Å². The van der Waals surface area contributed by atoms with Crippen LogP contribution < -0.4 is 5.32 Å². The molecular formula is C23H29NO4S. The summed E-state index contributed by atoms with van der Waals surface area (Å²) in [5.41, 5.74) is 2.57. The van der Waals surface area contributed by atoms with Crippen molar-refractivity contribution in [2.45, 2.75) is 57.6 Å². The standard InChI is InChI=1S/C23H29NO4S/c1-16(2)24-22(26)20-12-6-17(7-13-20)14-21(25)19-10-8-18(9-11-19)15-29(27,28)23(3,4)5/h6-13,16H,14-15H2,1-5H3,(H,24,26). The van der Waals surface area contributed by atoms with Crippen molar-refractivity contribution >= 4 is 21.5 Å². The molecule has 1 N–H and O–H groups in total. The Hall–Kier alpha value is -2.47. The Morgan fingerprint density at radius 1 is 0.862 bits per heavy atom. The number of hydrogen-bond donors (Lipinski definition) is 1. The highest BCUT2D eigenvalue weighted by Gasteiger charge is 2.28. The molecule has 2 rings (SSSR count). The number of carbonyl (C=O) groups is 2. The molecule has 0 aromatic heterocycles. The summed E-state index contributed by atoms with van der Waals surface area (Å²) in [5, 5.41) is 2.83. The van der Waals surface area contributed by atoms with Gasteiger partial charge in [-0.1, -0.05) is 36.4 Å². The van der Waals surface area contributed by atoms with Gasteiger partial charge in [0.25, 0.3) is 5.91 Å². The molecule has 2 aromatic rings. The van der Waals surface area contributed by atoms with Crippen molar-refractivity contribution in [1.29, 1.82) is 0 Å². The van der Waals surface area contributed by atoms with Gasteiger partial charge in [-0.15, -0.1) is 0 Å². The molecule has 0 fully saturated rings. The average molecular weight is 416 g/mol. The van der Waals surface area contributed by atoms with Crippen LogP contribution >= 0.6 is 0 Å². The Kier molecular flexibility index (Phi) is 7.01. The highest BCUT2D eigenvalue weighted by atomic mass is 32.2. The van der Waals surface area contributed by atoms with Gasteiger partial charge < -0.3 is 5.32 Å². The number of ketones is 1. The van der Waals surface area contributed by atoms with E-state index in [1.807, 2.05) is 13.8 Å². The van der Waals surface area contributed by atoms with E-state index in [-0.39, 0.29) is 29.9 Å². The Morgan fingerprint density at radius 3 is 1.83 bits per heavy atom. The van der Waals surface area contributed by atoms with Crippen molar-refractivity contribution in [3.8, 4) is 0 Å². The molecule has 0 saturated carbocycles. The predicted octanol–water partition coefficient (Wildman–Crippen LogP) is 3.96. The van der Waals surface area contributed by atoms with Crippen LogP contribution in [0.2, 0.25) is 0 Å². The summed E-state index contributed by atoms with van der Waals surface area (Å²) in [7, 11) is -3.27. The second-order valence-electron chi connectivity index (χ2n) is 8.49. The SMILES string of the molecule is CC(C)NC(=O)c1ccc(CC(=O)c2ccc(CS(=O)(=O)C(C)(C)C)cc2)cc1. The van der Waals surface area contributed by atoms with Crippen LogP contribution in [0.1, 0.15) is 66.5 Å². The predicted molar refractivity (Wildman–Crippen MR) is 116 cm³/mol. The second-order valence-corrected chi connectivity index (χ2v) is 11.2. The third-order valence-corrected chi connectivity index (χ3v) is 7.15. The van der Waals surface area contributed by atoms with Gasteiger partial charge in [0.1, 0.15) is 0 Å². The molecule has 6 heteroatoms. The number of carbonyl (C=O) groups excluding carboxylic acids is 2. The van der Waals surface area contributed by atoms with Crippen LogP contribution in [0.5, 0.6) is 0 Å². The van der Waals surface area contributed by atoms with Gasteiger partial charge in [-0.25, -0.2) is 8.42 Å². The molecule has 29 heavy (non-hydrogen) atoms. The number of benzene rings is 2. The van der Waals surface area contributed by atoms with E-state index in [9.17, 15) is 18.0 Å². The fourth-order valence-electron chi connectivity index (χ4n) is 2.63. The van der Waals surface area contributed by atoms with Crippen LogP contribution in [0, 0.1) is 0 Å². The third kappa shape index (κ3) is 6.26. The van der Waals surface area contributed by atoms with E-state index in [4.69, 9.17) is 0 Å². The molecule has 0 radical (unpaired) electrons. The fourth-order valence-corrected chi connectivity index (χ4v) is 3.69. The van der Waals surface area contributed by atoms with E-state index >= 15 is 0 Å². The minimum absolute atomic E-state index is 0.0507. The number of nitrogens with one attached hydrogen (secondary N) is 1. The zero-order chi connectivity index (χ0) is 21.8. The van der Waals surface area contributed by atoms with E-state index < -0.39 is 14.6 Å². The van der Waals surface area contributed by atoms with Gasteiger partial charge in [-0.2, -0.15) is 0 Å². The summed E-state index contributed by atoms with van der Waals surface area (Å²) < 4.78 is 23.8. The lowest BCUT2D eigenvalue weighted by Crippen LogP contribution is -2.30. The van der Waals surface area contributed by atoms with Crippen molar-refractivity contribution in [3.63, 3.8) is 0 Å². The molecule has 0 spiro atoms. The second kappa shape index (κ2) is 8.91. The summed E-state index contributed by atoms with van der Waals surface area (Å²) >= 11 is 0. The lowest BCUT2D eigenvalue weighted by Gasteiger charge is -2.19. The lowest BCUT2D eigenvalue weighted by molar-refractivity contribution is 0.0942. The molecule has 0 atom stereocenters. The molecule has 0 saturated heterocycles. The number of rotatable bonds is 7. The van der Waals surface area contributed by atoms with E-state index in [1.54, 1.807) is 69.3 Å². The van der Waals surface area contributed by atoms with Crippen molar-refractivity contribution in [1.82, 2.24) is 5.32 Å². The topological polar surface area (TPSA) is 80.3 Å². The fraction of sp³-hybridized carbons (Fsp3) is 0.391. The van der Waals surface area contributed by atoms with Crippen molar-refractivity contribution in [3.05, 3.63) is 70.8 Å². The van der Waals surface area contributed by atoms with Crippen LogP contribution in [0.15, 0.2) is 48.5 Å². The minimum atomic E-state index is -3.27. The van der Waals surface area contributed by atoms with Crippen molar-refractivity contribution < 1.29 is 18.0 Å². The summed E-state index contributed by atoms with van der Waals surface area (Å²) in [6, 6.07) is 13.7. The van der Waals surface area contributed by atoms with Crippen molar-refractivity contribution in [2.24, 2.45) is 0 Å². The van der Waals surface area contributed by atoms with Gasteiger partial charge in [0.2, 0.25) is 0 Å². The Balaban J connectivity index is 2.03. The Labute approximate surface area is 173 Å². The zero-order valence-corrected chi connectivity index (χ0v) is 18.5. The third-order valence-electron chi connectivity index (χ3n) is 4.57. The first-order valence-corrected chi connectivity index (χ1v) is 11.3. The van der Waals surface area contributed by atoms with Crippen LogP contribution in [-0.2, 0) is 22.0 Å².